The second kappa shape index (κ2) is 15.2. The molecular formula is C20H28N8S2. The van der Waals surface area contributed by atoms with Crippen LogP contribution in [0.4, 0.5) is 0 Å². The lowest BCUT2D eigenvalue weighted by Gasteiger charge is -2.02. The summed E-state index contributed by atoms with van der Waals surface area (Å²) < 4.78 is 0. The van der Waals surface area contributed by atoms with Crippen molar-refractivity contribution in [3.63, 3.8) is 0 Å². The first-order chi connectivity index (χ1) is 14.5. The topological polar surface area (TPSA) is 175 Å². The maximum atomic E-state index is 8.08. The van der Waals surface area contributed by atoms with Crippen LogP contribution in [0.5, 0.6) is 0 Å². The highest BCUT2D eigenvalue weighted by atomic mass is 32.2. The van der Waals surface area contributed by atoms with E-state index < -0.39 is 0 Å². The Morgan fingerprint density at radius 1 is 0.833 bits per heavy atom. The minimum atomic E-state index is 0.0832. The number of amidine groups is 2. The van der Waals surface area contributed by atoms with Crippen molar-refractivity contribution in [2.75, 3.05) is 24.6 Å². The standard InChI is InChI=1S/C10H13N5S.C10H15N3S/c11-10(12)8-2-4-9(5-3-8)16-7-1-6-14-15-13;11-6-1-7-14-9-4-2-8(3-5-9)10(12)13/h2-5H,1,6-7H2,(H3,11,12);2-5H,1,6-7,11H2,(H3,12,13). The van der Waals surface area contributed by atoms with E-state index in [0.29, 0.717) is 6.54 Å². The van der Waals surface area contributed by atoms with Crippen molar-refractivity contribution < 1.29 is 0 Å². The van der Waals surface area contributed by atoms with Gasteiger partial charge in [0.15, 0.2) is 0 Å². The fourth-order valence-corrected chi connectivity index (χ4v) is 3.82. The molecule has 0 spiro atoms. The Kier molecular flexibility index (Phi) is 12.9. The summed E-state index contributed by atoms with van der Waals surface area (Å²) in [5.74, 6) is 2.15. The van der Waals surface area contributed by atoms with Gasteiger partial charge in [-0.3, -0.25) is 10.8 Å². The highest BCUT2D eigenvalue weighted by Crippen LogP contribution is 2.19. The molecule has 0 aliphatic carbocycles. The summed E-state index contributed by atoms with van der Waals surface area (Å²) in [5, 5.41) is 17.9. The molecule has 8 nitrogen and oxygen atoms in total. The maximum Gasteiger partial charge on any atom is 0.122 e. The number of nitrogen functional groups attached to an aromatic ring is 2. The van der Waals surface area contributed by atoms with Gasteiger partial charge in [0.1, 0.15) is 11.7 Å². The SMILES string of the molecule is N=C(N)c1ccc(SCCCN)cc1.[N-]=[N+]=NCCCSc1ccc(C(=N)N)cc1. The molecule has 0 amide bonds. The zero-order chi connectivity index (χ0) is 22.2. The summed E-state index contributed by atoms with van der Waals surface area (Å²) in [6.07, 6.45) is 1.89. The molecule has 2 aromatic rings. The van der Waals surface area contributed by atoms with E-state index in [2.05, 4.69) is 10.0 Å². The van der Waals surface area contributed by atoms with Gasteiger partial charge in [0.2, 0.25) is 0 Å². The van der Waals surface area contributed by atoms with Crippen LogP contribution >= 0.6 is 23.5 Å². The summed E-state index contributed by atoms with van der Waals surface area (Å²) in [6.45, 7) is 1.27. The van der Waals surface area contributed by atoms with E-state index >= 15 is 0 Å². The minimum absolute atomic E-state index is 0.0832. The molecule has 160 valence electrons. The lowest BCUT2D eigenvalue weighted by atomic mass is 10.2. The molecule has 0 aromatic heterocycles. The first-order valence-electron chi connectivity index (χ1n) is 9.33. The van der Waals surface area contributed by atoms with Crippen LogP contribution in [0.3, 0.4) is 0 Å². The molecule has 30 heavy (non-hydrogen) atoms. The van der Waals surface area contributed by atoms with E-state index in [1.54, 1.807) is 23.5 Å². The van der Waals surface area contributed by atoms with Crippen molar-refractivity contribution in [1.29, 1.82) is 10.8 Å². The van der Waals surface area contributed by atoms with Crippen LogP contribution in [0.1, 0.15) is 24.0 Å². The van der Waals surface area contributed by atoms with Crippen molar-refractivity contribution in [3.8, 4) is 0 Å². The normalized spacial score (nSPS) is 9.77. The zero-order valence-electron chi connectivity index (χ0n) is 16.8. The van der Waals surface area contributed by atoms with Crippen molar-refractivity contribution in [2.24, 2.45) is 22.3 Å². The maximum absolute atomic E-state index is 8.08. The molecule has 0 unspecified atom stereocenters. The first kappa shape index (κ1) is 25.4. The number of benzene rings is 2. The second-order valence-electron chi connectivity index (χ2n) is 6.02. The average molecular weight is 445 g/mol. The van der Waals surface area contributed by atoms with Crippen LogP contribution in [0.25, 0.3) is 10.4 Å². The molecule has 0 aliphatic rings. The Bertz CT molecular complexity index is 831. The van der Waals surface area contributed by atoms with E-state index in [4.69, 9.17) is 33.6 Å². The minimum Gasteiger partial charge on any atom is -0.384 e. The Morgan fingerprint density at radius 3 is 1.63 bits per heavy atom. The van der Waals surface area contributed by atoms with Crippen LogP contribution in [-0.4, -0.2) is 36.3 Å². The van der Waals surface area contributed by atoms with Gasteiger partial charge >= 0.3 is 0 Å². The Balaban J connectivity index is 0.000000303. The predicted molar refractivity (Wildman–Crippen MR) is 129 cm³/mol. The van der Waals surface area contributed by atoms with Gasteiger partial charge in [0.05, 0.1) is 0 Å². The third-order valence-corrected chi connectivity index (χ3v) is 5.88. The molecule has 0 fully saturated rings. The van der Waals surface area contributed by atoms with Gasteiger partial charge in [0.25, 0.3) is 0 Å². The van der Waals surface area contributed by atoms with E-state index in [1.165, 1.54) is 4.90 Å². The van der Waals surface area contributed by atoms with Gasteiger partial charge in [-0.25, -0.2) is 0 Å². The smallest absolute Gasteiger partial charge is 0.122 e. The van der Waals surface area contributed by atoms with Gasteiger partial charge < -0.3 is 17.2 Å². The highest BCUT2D eigenvalue weighted by molar-refractivity contribution is 7.99. The number of hydrogen-bond acceptors (Lipinski definition) is 6. The molecule has 0 bridgehead atoms. The molecule has 2 rings (SSSR count). The molecule has 10 heteroatoms. The van der Waals surface area contributed by atoms with Crippen molar-refractivity contribution in [3.05, 3.63) is 70.1 Å². The van der Waals surface area contributed by atoms with Gasteiger partial charge in [-0.15, -0.1) is 23.5 Å². The van der Waals surface area contributed by atoms with Crippen LogP contribution in [0.2, 0.25) is 0 Å². The third kappa shape index (κ3) is 10.8. The molecule has 0 heterocycles. The number of hydrogen-bond donors (Lipinski definition) is 5. The number of azide groups is 1. The van der Waals surface area contributed by atoms with Crippen LogP contribution in [-0.2, 0) is 0 Å². The number of nitrogens with two attached hydrogens (primary N) is 3. The van der Waals surface area contributed by atoms with Gasteiger partial charge in [0, 0.05) is 32.4 Å². The van der Waals surface area contributed by atoms with Crippen molar-refractivity contribution >= 4 is 35.2 Å². The fourth-order valence-electron chi connectivity index (χ4n) is 2.10. The summed E-state index contributed by atoms with van der Waals surface area (Å²) in [4.78, 5) is 5.02. The lowest BCUT2D eigenvalue weighted by Crippen LogP contribution is -2.10. The molecule has 8 N–H and O–H groups in total. The number of nitrogens with one attached hydrogen (secondary N) is 2. The molecule has 0 saturated heterocycles. The summed E-state index contributed by atoms with van der Waals surface area (Å²) in [6, 6.07) is 15.2. The zero-order valence-corrected chi connectivity index (χ0v) is 18.4. The van der Waals surface area contributed by atoms with Gasteiger partial charge in [-0.1, -0.05) is 29.4 Å². The monoisotopic (exact) mass is 444 g/mol. The second-order valence-corrected chi connectivity index (χ2v) is 8.36. The van der Waals surface area contributed by atoms with E-state index in [1.807, 2.05) is 48.5 Å². The van der Waals surface area contributed by atoms with Crippen LogP contribution < -0.4 is 17.2 Å². The molecule has 2 aromatic carbocycles. The fraction of sp³-hybridized carbons (Fsp3) is 0.300. The van der Waals surface area contributed by atoms with Crippen LogP contribution in [0.15, 0.2) is 63.4 Å². The number of thioether (sulfide) groups is 2. The van der Waals surface area contributed by atoms with E-state index in [-0.39, 0.29) is 11.7 Å². The van der Waals surface area contributed by atoms with E-state index in [9.17, 15) is 0 Å². The van der Waals surface area contributed by atoms with Gasteiger partial charge in [-0.2, -0.15) is 0 Å². The van der Waals surface area contributed by atoms with E-state index in [0.717, 1.165) is 46.9 Å². The number of rotatable bonds is 11. The average Bonchev–Trinajstić information content (AvgIpc) is 2.75. The molecule has 0 radical (unpaired) electrons. The molecule has 0 aliphatic heterocycles. The lowest BCUT2D eigenvalue weighted by molar-refractivity contribution is 0.932. The summed E-state index contributed by atoms with van der Waals surface area (Å²) >= 11 is 3.47. The highest BCUT2D eigenvalue weighted by Gasteiger charge is 1.98. The Hall–Kier alpha value is -2.65. The van der Waals surface area contributed by atoms with Crippen molar-refractivity contribution in [2.45, 2.75) is 22.6 Å². The molecule has 0 saturated carbocycles. The Morgan fingerprint density at radius 2 is 1.27 bits per heavy atom. The largest absolute Gasteiger partial charge is 0.384 e. The quantitative estimate of drug-likeness (QED) is 0.0663. The number of nitrogens with zero attached hydrogens (tertiary/aromatic N) is 3. The first-order valence-corrected chi connectivity index (χ1v) is 11.3. The Labute approximate surface area is 185 Å². The molecule has 0 atom stereocenters. The third-order valence-electron chi connectivity index (χ3n) is 3.68. The summed E-state index contributed by atoms with van der Waals surface area (Å²) in [5.41, 5.74) is 25.7. The van der Waals surface area contributed by atoms with Crippen molar-refractivity contribution in [1.82, 2.24) is 0 Å². The van der Waals surface area contributed by atoms with Gasteiger partial charge in [-0.05, 0) is 60.7 Å². The van der Waals surface area contributed by atoms with Crippen LogP contribution in [0, 0.1) is 10.8 Å². The summed E-state index contributed by atoms with van der Waals surface area (Å²) in [7, 11) is 0. The predicted octanol–water partition coefficient (Wildman–Crippen LogP) is 4.17. The molecular weight excluding hydrogens is 416 g/mol.